The Bertz CT molecular complexity index is 493. The van der Waals surface area contributed by atoms with Gasteiger partial charge < -0.3 is 5.32 Å². The Hall–Kier alpha value is -1.07. The Balaban J connectivity index is 1.93. The van der Waals surface area contributed by atoms with Crippen molar-refractivity contribution in [1.82, 2.24) is 4.72 Å². The van der Waals surface area contributed by atoms with Gasteiger partial charge in [-0.2, -0.15) is 0 Å². The predicted molar refractivity (Wildman–Crippen MR) is 77.8 cm³/mol. The first-order valence-corrected chi connectivity index (χ1v) is 8.44. The smallest absolute Gasteiger partial charge is 0.240 e. The summed E-state index contributed by atoms with van der Waals surface area (Å²) in [6.07, 6.45) is 4.74. The molecule has 106 valence electrons. The SMILES string of the molecule is CCCNS(=O)(=O)c1ccc(NCC2CCC2)cc1. The number of benzene rings is 1. The molecule has 0 amide bonds. The van der Waals surface area contributed by atoms with E-state index in [1.54, 1.807) is 12.1 Å². The van der Waals surface area contributed by atoms with Gasteiger partial charge >= 0.3 is 0 Å². The Kier molecular flexibility index (Phi) is 4.82. The summed E-state index contributed by atoms with van der Waals surface area (Å²) in [7, 11) is -3.34. The molecule has 0 aromatic heterocycles. The van der Waals surface area contributed by atoms with Crippen molar-refractivity contribution in [2.75, 3.05) is 18.4 Å². The third-order valence-electron chi connectivity index (χ3n) is 3.53. The molecule has 1 aliphatic carbocycles. The molecule has 0 radical (unpaired) electrons. The quantitative estimate of drug-likeness (QED) is 0.808. The molecule has 0 spiro atoms. The molecule has 1 fully saturated rings. The summed E-state index contributed by atoms with van der Waals surface area (Å²) in [5, 5.41) is 3.35. The summed E-state index contributed by atoms with van der Waals surface area (Å²) in [6, 6.07) is 6.97. The van der Waals surface area contributed by atoms with Crippen molar-refractivity contribution in [3.63, 3.8) is 0 Å². The molecule has 0 unspecified atom stereocenters. The molecule has 4 nitrogen and oxygen atoms in total. The van der Waals surface area contributed by atoms with Crippen LogP contribution < -0.4 is 10.0 Å². The number of rotatable bonds is 7. The summed E-state index contributed by atoms with van der Waals surface area (Å²) in [6.45, 7) is 3.40. The minimum absolute atomic E-state index is 0.329. The van der Waals surface area contributed by atoms with Crippen LogP contribution in [0.15, 0.2) is 29.2 Å². The van der Waals surface area contributed by atoms with Crippen LogP contribution in [0.5, 0.6) is 0 Å². The van der Waals surface area contributed by atoms with E-state index in [-0.39, 0.29) is 0 Å². The molecule has 1 aliphatic rings. The van der Waals surface area contributed by atoms with Crippen molar-refractivity contribution in [3.05, 3.63) is 24.3 Å². The van der Waals surface area contributed by atoms with Gasteiger partial charge in [0.25, 0.3) is 0 Å². The van der Waals surface area contributed by atoms with Crippen LogP contribution in [0.4, 0.5) is 5.69 Å². The van der Waals surface area contributed by atoms with E-state index in [2.05, 4.69) is 10.0 Å². The molecule has 0 saturated heterocycles. The maximum absolute atomic E-state index is 11.9. The zero-order chi connectivity index (χ0) is 13.7. The largest absolute Gasteiger partial charge is 0.385 e. The van der Waals surface area contributed by atoms with Gasteiger partial charge in [0.2, 0.25) is 10.0 Å². The molecule has 0 bridgehead atoms. The molecular formula is C14H22N2O2S. The minimum Gasteiger partial charge on any atom is -0.385 e. The van der Waals surface area contributed by atoms with E-state index in [0.29, 0.717) is 11.4 Å². The van der Waals surface area contributed by atoms with Crippen LogP contribution in [0, 0.1) is 5.92 Å². The summed E-state index contributed by atoms with van der Waals surface area (Å²) < 4.78 is 26.3. The Morgan fingerprint density at radius 2 is 1.89 bits per heavy atom. The fourth-order valence-corrected chi connectivity index (χ4v) is 3.16. The molecule has 2 N–H and O–H groups in total. The molecule has 0 aliphatic heterocycles. The fourth-order valence-electron chi connectivity index (χ4n) is 2.03. The highest BCUT2D eigenvalue weighted by Crippen LogP contribution is 2.26. The van der Waals surface area contributed by atoms with Crippen molar-refractivity contribution in [3.8, 4) is 0 Å². The van der Waals surface area contributed by atoms with Crippen LogP contribution in [-0.2, 0) is 10.0 Å². The second-order valence-electron chi connectivity index (χ2n) is 5.10. The standard InChI is InChI=1S/C14H22N2O2S/c1-2-10-16-19(17,18)14-8-6-13(7-9-14)15-11-12-4-3-5-12/h6-9,12,15-16H,2-5,10-11H2,1H3. The summed E-state index contributed by atoms with van der Waals surface area (Å²) >= 11 is 0. The Morgan fingerprint density at radius 1 is 1.21 bits per heavy atom. The summed E-state index contributed by atoms with van der Waals surface area (Å²) in [5.74, 6) is 0.787. The number of hydrogen-bond acceptors (Lipinski definition) is 3. The van der Waals surface area contributed by atoms with Gasteiger partial charge in [-0.3, -0.25) is 0 Å². The molecule has 1 aromatic rings. The van der Waals surface area contributed by atoms with E-state index in [0.717, 1.165) is 24.6 Å². The molecule has 1 saturated carbocycles. The van der Waals surface area contributed by atoms with E-state index in [4.69, 9.17) is 0 Å². The fraction of sp³-hybridized carbons (Fsp3) is 0.571. The van der Waals surface area contributed by atoms with Gasteiger partial charge in [-0.15, -0.1) is 0 Å². The van der Waals surface area contributed by atoms with Gasteiger partial charge in [-0.25, -0.2) is 13.1 Å². The van der Waals surface area contributed by atoms with Gasteiger partial charge in [-0.1, -0.05) is 13.3 Å². The van der Waals surface area contributed by atoms with Gasteiger partial charge in [-0.05, 0) is 49.4 Å². The van der Waals surface area contributed by atoms with E-state index >= 15 is 0 Å². The second-order valence-corrected chi connectivity index (χ2v) is 6.87. The van der Waals surface area contributed by atoms with Crippen LogP contribution in [0.3, 0.4) is 0 Å². The molecule has 0 atom stereocenters. The molecule has 0 heterocycles. The predicted octanol–water partition coefficient (Wildman–Crippen LogP) is 2.59. The second kappa shape index (κ2) is 6.39. The topological polar surface area (TPSA) is 58.2 Å². The van der Waals surface area contributed by atoms with Crippen LogP contribution in [0.25, 0.3) is 0 Å². The summed E-state index contributed by atoms with van der Waals surface area (Å²) in [4.78, 5) is 0.329. The first kappa shape index (κ1) is 14.3. The van der Waals surface area contributed by atoms with E-state index in [9.17, 15) is 8.42 Å². The van der Waals surface area contributed by atoms with Gasteiger partial charge in [0, 0.05) is 18.8 Å². The lowest BCUT2D eigenvalue weighted by Crippen LogP contribution is -2.24. The van der Waals surface area contributed by atoms with E-state index < -0.39 is 10.0 Å². The molecule has 2 rings (SSSR count). The van der Waals surface area contributed by atoms with Gasteiger partial charge in [0.05, 0.1) is 4.90 Å². The van der Waals surface area contributed by atoms with Crippen LogP contribution in [0.1, 0.15) is 32.6 Å². The lowest BCUT2D eigenvalue weighted by atomic mass is 9.85. The lowest BCUT2D eigenvalue weighted by Gasteiger charge is -2.25. The zero-order valence-corrected chi connectivity index (χ0v) is 12.2. The first-order chi connectivity index (χ1) is 9.12. The molecular weight excluding hydrogens is 260 g/mol. The lowest BCUT2D eigenvalue weighted by molar-refractivity contribution is 0.333. The third kappa shape index (κ3) is 3.94. The molecule has 19 heavy (non-hydrogen) atoms. The van der Waals surface area contributed by atoms with Crippen molar-refractivity contribution in [2.45, 2.75) is 37.5 Å². The number of nitrogens with one attached hydrogen (secondary N) is 2. The Morgan fingerprint density at radius 3 is 2.42 bits per heavy atom. The average Bonchev–Trinajstić information content (AvgIpc) is 2.35. The van der Waals surface area contributed by atoms with Crippen LogP contribution in [-0.4, -0.2) is 21.5 Å². The van der Waals surface area contributed by atoms with E-state index in [1.807, 2.05) is 19.1 Å². The zero-order valence-electron chi connectivity index (χ0n) is 11.4. The molecule has 1 aromatic carbocycles. The van der Waals surface area contributed by atoms with Crippen molar-refractivity contribution in [1.29, 1.82) is 0 Å². The normalized spacial score (nSPS) is 16.1. The maximum Gasteiger partial charge on any atom is 0.240 e. The minimum atomic E-state index is -3.34. The van der Waals surface area contributed by atoms with Gasteiger partial charge in [0.15, 0.2) is 0 Å². The van der Waals surface area contributed by atoms with Crippen molar-refractivity contribution >= 4 is 15.7 Å². The maximum atomic E-state index is 11.9. The van der Waals surface area contributed by atoms with Crippen molar-refractivity contribution < 1.29 is 8.42 Å². The van der Waals surface area contributed by atoms with Crippen molar-refractivity contribution in [2.24, 2.45) is 5.92 Å². The third-order valence-corrected chi connectivity index (χ3v) is 5.00. The van der Waals surface area contributed by atoms with Crippen LogP contribution >= 0.6 is 0 Å². The first-order valence-electron chi connectivity index (χ1n) is 6.95. The highest BCUT2D eigenvalue weighted by atomic mass is 32.2. The molecule has 5 heteroatoms. The monoisotopic (exact) mass is 282 g/mol. The van der Waals surface area contributed by atoms with E-state index in [1.165, 1.54) is 19.3 Å². The number of sulfonamides is 1. The summed E-state index contributed by atoms with van der Waals surface area (Å²) in [5.41, 5.74) is 0.987. The number of anilines is 1. The number of hydrogen-bond donors (Lipinski definition) is 2. The highest BCUT2D eigenvalue weighted by molar-refractivity contribution is 7.89. The average molecular weight is 282 g/mol. The highest BCUT2D eigenvalue weighted by Gasteiger charge is 2.17. The Labute approximate surface area is 115 Å². The van der Waals surface area contributed by atoms with Crippen LogP contribution in [0.2, 0.25) is 0 Å². The van der Waals surface area contributed by atoms with Gasteiger partial charge in [0.1, 0.15) is 0 Å².